The lowest BCUT2D eigenvalue weighted by molar-refractivity contribution is 0.122. The number of fused-ring (bicyclic) bond motifs is 1. The zero-order valence-corrected chi connectivity index (χ0v) is 15.3. The fraction of sp³-hybridized carbons (Fsp3) is 0.421. The normalized spacial score (nSPS) is 15.0. The van der Waals surface area contributed by atoms with Crippen molar-refractivity contribution in [3.05, 3.63) is 36.3 Å². The average Bonchev–Trinajstić information content (AvgIpc) is 3.05. The zero-order valence-electron chi connectivity index (χ0n) is 15.3. The first-order valence-electron chi connectivity index (χ1n) is 8.92. The lowest BCUT2D eigenvalue weighted by Gasteiger charge is -2.27. The topological polar surface area (TPSA) is 65.3 Å². The number of hydrogen-bond donors (Lipinski definition) is 0. The average molecular weight is 353 g/mol. The molecule has 0 saturated carbocycles. The van der Waals surface area contributed by atoms with E-state index in [0.717, 1.165) is 60.2 Å². The first kappa shape index (κ1) is 16.8. The van der Waals surface area contributed by atoms with Crippen LogP contribution in [-0.2, 0) is 4.74 Å². The minimum atomic E-state index is 0.120. The molecule has 26 heavy (non-hydrogen) atoms. The van der Waals surface area contributed by atoms with Gasteiger partial charge in [-0.05, 0) is 32.4 Å². The number of rotatable bonds is 4. The van der Waals surface area contributed by atoms with Crippen LogP contribution in [0, 0.1) is 6.92 Å². The number of hydrogen-bond acceptors (Lipinski definition) is 6. The van der Waals surface area contributed by atoms with E-state index < -0.39 is 0 Å². The predicted octanol–water partition coefficient (Wildman–Crippen LogP) is 2.75. The van der Waals surface area contributed by atoms with E-state index in [-0.39, 0.29) is 6.10 Å². The summed E-state index contributed by atoms with van der Waals surface area (Å²) in [6.07, 6.45) is 3.57. The second kappa shape index (κ2) is 6.92. The van der Waals surface area contributed by atoms with Crippen molar-refractivity contribution in [2.45, 2.75) is 26.9 Å². The first-order valence-corrected chi connectivity index (χ1v) is 8.92. The summed E-state index contributed by atoms with van der Waals surface area (Å²) in [5, 5.41) is 5.60. The summed E-state index contributed by atoms with van der Waals surface area (Å²) >= 11 is 0. The molecule has 0 amide bonds. The Labute approximate surface area is 152 Å². The molecule has 1 aliphatic heterocycles. The van der Waals surface area contributed by atoms with Crippen molar-refractivity contribution in [2.24, 2.45) is 0 Å². The van der Waals surface area contributed by atoms with Gasteiger partial charge in [0.05, 0.1) is 31.0 Å². The molecule has 3 aromatic rings. The highest BCUT2D eigenvalue weighted by molar-refractivity contribution is 5.82. The molecule has 0 unspecified atom stereocenters. The van der Waals surface area contributed by atoms with Crippen molar-refractivity contribution in [1.29, 1.82) is 0 Å². The van der Waals surface area contributed by atoms with Gasteiger partial charge in [-0.3, -0.25) is 0 Å². The van der Waals surface area contributed by atoms with Crippen LogP contribution >= 0.6 is 0 Å². The minimum Gasteiger partial charge on any atom is -0.491 e. The van der Waals surface area contributed by atoms with Crippen LogP contribution in [0.5, 0.6) is 5.75 Å². The van der Waals surface area contributed by atoms with Gasteiger partial charge in [0.25, 0.3) is 0 Å². The number of nitrogens with zero attached hydrogens (tertiary/aromatic N) is 5. The molecule has 2 aromatic heterocycles. The van der Waals surface area contributed by atoms with Crippen LogP contribution in [-0.4, -0.2) is 52.2 Å². The fourth-order valence-corrected chi connectivity index (χ4v) is 3.15. The monoisotopic (exact) mass is 353 g/mol. The van der Waals surface area contributed by atoms with E-state index in [4.69, 9.17) is 9.47 Å². The summed E-state index contributed by atoms with van der Waals surface area (Å²) in [5.74, 6) is 2.51. The van der Waals surface area contributed by atoms with Gasteiger partial charge in [-0.15, -0.1) is 0 Å². The van der Waals surface area contributed by atoms with Crippen LogP contribution < -0.4 is 9.64 Å². The van der Waals surface area contributed by atoms with E-state index >= 15 is 0 Å². The van der Waals surface area contributed by atoms with Gasteiger partial charge in [-0.1, -0.05) is 0 Å². The lowest BCUT2D eigenvalue weighted by atomic mass is 10.1. The van der Waals surface area contributed by atoms with Gasteiger partial charge in [0, 0.05) is 30.6 Å². The third-order valence-corrected chi connectivity index (χ3v) is 4.42. The summed E-state index contributed by atoms with van der Waals surface area (Å²) < 4.78 is 13.2. The highest BCUT2D eigenvalue weighted by Gasteiger charge is 2.15. The van der Waals surface area contributed by atoms with Gasteiger partial charge >= 0.3 is 0 Å². The van der Waals surface area contributed by atoms with E-state index in [9.17, 15) is 0 Å². The summed E-state index contributed by atoms with van der Waals surface area (Å²) in [6.45, 7) is 9.22. The third-order valence-electron chi connectivity index (χ3n) is 4.42. The quantitative estimate of drug-likeness (QED) is 0.719. The molecule has 0 atom stereocenters. The molecule has 0 spiro atoms. The van der Waals surface area contributed by atoms with Gasteiger partial charge in [0.15, 0.2) is 5.82 Å². The van der Waals surface area contributed by atoms with Gasteiger partial charge in [0.1, 0.15) is 17.9 Å². The Kier molecular flexibility index (Phi) is 4.46. The van der Waals surface area contributed by atoms with Crippen LogP contribution in [0.2, 0.25) is 0 Å². The molecule has 0 N–H and O–H groups in total. The van der Waals surface area contributed by atoms with Gasteiger partial charge in [-0.25, -0.2) is 14.6 Å². The lowest BCUT2D eigenvalue weighted by Crippen LogP contribution is -2.36. The maximum absolute atomic E-state index is 5.94. The van der Waals surface area contributed by atoms with E-state index in [1.165, 1.54) is 0 Å². The third kappa shape index (κ3) is 3.22. The van der Waals surface area contributed by atoms with Crippen molar-refractivity contribution in [3.63, 3.8) is 0 Å². The molecule has 3 heterocycles. The molecule has 1 saturated heterocycles. The number of aromatic nitrogens is 4. The SMILES string of the molecule is Cc1cc2cnn(-c3cc(N4CCOCC4)ncn3)c2cc1OC(C)C. The largest absolute Gasteiger partial charge is 0.491 e. The molecular formula is C19H23N5O2. The summed E-state index contributed by atoms with van der Waals surface area (Å²) in [4.78, 5) is 11.1. The highest BCUT2D eigenvalue weighted by Crippen LogP contribution is 2.28. The summed E-state index contributed by atoms with van der Waals surface area (Å²) in [6, 6.07) is 6.11. The first-order chi connectivity index (χ1) is 12.6. The molecular weight excluding hydrogens is 330 g/mol. The maximum atomic E-state index is 5.94. The standard InChI is InChI=1S/C19H23N5O2/c1-13(2)26-17-9-16-15(8-14(17)3)11-22-24(16)19-10-18(20-12-21-19)23-4-6-25-7-5-23/h8-13H,4-7H2,1-3H3. The molecule has 7 heteroatoms. The Balaban J connectivity index is 1.74. The Morgan fingerprint density at radius 1 is 1.08 bits per heavy atom. The van der Waals surface area contributed by atoms with Gasteiger partial charge < -0.3 is 14.4 Å². The maximum Gasteiger partial charge on any atom is 0.159 e. The Hall–Kier alpha value is -2.67. The van der Waals surface area contributed by atoms with E-state index in [1.807, 2.05) is 36.9 Å². The second-order valence-electron chi connectivity index (χ2n) is 6.73. The van der Waals surface area contributed by atoms with Crippen molar-refractivity contribution in [3.8, 4) is 11.6 Å². The van der Waals surface area contributed by atoms with Crippen LogP contribution in [0.25, 0.3) is 16.7 Å². The second-order valence-corrected chi connectivity index (χ2v) is 6.73. The van der Waals surface area contributed by atoms with E-state index in [0.29, 0.717) is 0 Å². The molecule has 1 aliphatic rings. The van der Waals surface area contributed by atoms with Crippen LogP contribution in [0.4, 0.5) is 5.82 Å². The van der Waals surface area contributed by atoms with Crippen molar-refractivity contribution in [2.75, 3.05) is 31.2 Å². The smallest absolute Gasteiger partial charge is 0.159 e. The van der Waals surface area contributed by atoms with Crippen LogP contribution in [0.1, 0.15) is 19.4 Å². The molecule has 7 nitrogen and oxygen atoms in total. The number of benzene rings is 1. The van der Waals surface area contributed by atoms with E-state index in [1.54, 1.807) is 6.33 Å². The van der Waals surface area contributed by atoms with Crippen LogP contribution in [0.3, 0.4) is 0 Å². The number of morpholine rings is 1. The summed E-state index contributed by atoms with van der Waals surface area (Å²) in [5.41, 5.74) is 2.07. The Morgan fingerprint density at radius 3 is 2.62 bits per heavy atom. The highest BCUT2D eigenvalue weighted by atomic mass is 16.5. The van der Waals surface area contributed by atoms with E-state index in [2.05, 4.69) is 33.0 Å². The van der Waals surface area contributed by atoms with Gasteiger partial charge in [-0.2, -0.15) is 5.10 Å². The van der Waals surface area contributed by atoms with Crippen LogP contribution in [0.15, 0.2) is 30.7 Å². The summed E-state index contributed by atoms with van der Waals surface area (Å²) in [7, 11) is 0. The molecule has 136 valence electrons. The van der Waals surface area contributed by atoms with Crippen molar-refractivity contribution in [1.82, 2.24) is 19.7 Å². The fourth-order valence-electron chi connectivity index (χ4n) is 3.15. The zero-order chi connectivity index (χ0) is 18.1. The molecule has 1 fully saturated rings. The molecule has 1 aromatic carbocycles. The predicted molar refractivity (Wildman–Crippen MR) is 100 cm³/mol. The minimum absolute atomic E-state index is 0.120. The number of aryl methyl sites for hydroxylation is 1. The molecule has 0 bridgehead atoms. The Morgan fingerprint density at radius 2 is 1.85 bits per heavy atom. The molecule has 0 radical (unpaired) electrons. The molecule has 4 rings (SSSR count). The molecule has 0 aliphatic carbocycles. The Bertz CT molecular complexity index is 915. The van der Waals surface area contributed by atoms with Gasteiger partial charge in [0.2, 0.25) is 0 Å². The number of anilines is 1. The van der Waals surface area contributed by atoms with Crippen molar-refractivity contribution < 1.29 is 9.47 Å². The van der Waals surface area contributed by atoms with Crippen molar-refractivity contribution >= 4 is 16.7 Å². The number of ether oxygens (including phenoxy) is 2.